The number of carbonyl (C=O) groups excluding carboxylic acids is 2. The van der Waals surface area contributed by atoms with E-state index in [1.807, 2.05) is 0 Å². The van der Waals surface area contributed by atoms with Crippen LogP contribution in [-0.2, 0) is 4.79 Å². The molecule has 1 aromatic heterocycles. The van der Waals surface area contributed by atoms with Crippen LogP contribution in [0.1, 0.15) is 49.0 Å². The van der Waals surface area contributed by atoms with Crippen molar-refractivity contribution in [2.45, 2.75) is 44.1 Å². The second kappa shape index (κ2) is 6.03. The third-order valence-corrected chi connectivity index (χ3v) is 6.04. The lowest BCUT2D eigenvalue weighted by atomic mass is 9.53. The molecule has 0 saturated heterocycles. The average molecular weight is 348 g/mol. The molecule has 4 bridgehead atoms. The van der Waals surface area contributed by atoms with Crippen LogP contribution in [0.4, 0.5) is 0 Å². The minimum atomic E-state index is -0.377. The Balaban J connectivity index is 1.33. The summed E-state index contributed by atoms with van der Waals surface area (Å²) in [7, 11) is 0. The maximum Gasteiger partial charge on any atom is 0.270 e. The number of halogens is 1. The molecule has 1 heterocycles. The highest BCUT2D eigenvalue weighted by Crippen LogP contribution is 2.55. The molecule has 0 unspecified atom stereocenters. The van der Waals surface area contributed by atoms with Crippen molar-refractivity contribution < 1.29 is 9.59 Å². The standard InChI is InChI=1S/C18H22ClN3O2/c19-14-1-2-20-15(6-14)17(24)21-10-16(23)22-18-7-11-3-12(8-18)5-13(4-11)9-18/h1-2,6,11-13H,3-5,7-10H2,(H,21,24)(H,22,23). The molecule has 0 radical (unpaired) electrons. The zero-order chi connectivity index (χ0) is 16.7. The lowest BCUT2D eigenvalue weighted by Gasteiger charge is -2.56. The molecular weight excluding hydrogens is 326 g/mol. The number of aromatic nitrogens is 1. The molecule has 0 aromatic carbocycles. The number of hydrogen-bond acceptors (Lipinski definition) is 3. The van der Waals surface area contributed by atoms with Crippen molar-refractivity contribution in [2.24, 2.45) is 17.8 Å². The first kappa shape index (κ1) is 15.9. The summed E-state index contributed by atoms with van der Waals surface area (Å²) < 4.78 is 0. The van der Waals surface area contributed by atoms with Gasteiger partial charge in [0.25, 0.3) is 5.91 Å². The second-order valence-electron chi connectivity index (χ2n) is 7.79. The molecule has 6 heteroatoms. The SMILES string of the molecule is O=C(CNC(=O)c1cc(Cl)ccn1)NC12CC3CC(CC(C3)C1)C2. The zero-order valence-corrected chi connectivity index (χ0v) is 14.3. The number of hydrogen-bond donors (Lipinski definition) is 2. The minimum absolute atomic E-state index is 0.0191. The van der Waals surface area contributed by atoms with E-state index in [-0.39, 0.29) is 29.6 Å². The quantitative estimate of drug-likeness (QED) is 0.879. The van der Waals surface area contributed by atoms with Gasteiger partial charge >= 0.3 is 0 Å². The predicted octanol–water partition coefficient (Wildman–Crippen LogP) is 2.55. The van der Waals surface area contributed by atoms with E-state index in [0.29, 0.717) is 5.02 Å². The molecule has 2 N–H and O–H groups in total. The lowest BCUT2D eigenvalue weighted by molar-refractivity contribution is -0.125. The Morgan fingerprint density at radius 1 is 1.17 bits per heavy atom. The highest BCUT2D eigenvalue weighted by atomic mass is 35.5. The van der Waals surface area contributed by atoms with Crippen molar-refractivity contribution in [3.63, 3.8) is 0 Å². The maximum atomic E-state index is 12.4. The molecule has 4 aliphatic carbocycles. The van der Waals surface area contributed by atoms with Gasteiger partial charge in [-0.2, -0.15) is 0 Å². The van der Waals surface area contributed by atoms with Gasteiger partial charge in [0.1, 0.15) is 5.69 Å². The molecule has 2 amide bonds. The molecule has 5 rings (SSSR count). The van der Waals surface area contributed by atoms with Gasteiger partial charge in [-0.15, -0.1) is 0 Å². The van der Waals surface area contributed by atoms with Crippen molar-refractivity contribution in [1.82, 2.24) is 15.6 Å². The van der Waals surface area contributed by atoms with E-state index in [2.05, 4.69) is 15.6 Å². The summed E-state index contributed by atoms with van der Waals surface area (Å²) in [4.78, 5) is 28.4. The van der Waals surface area contributed by atoms with E-state index in [4.69, 9.17) is 11.6 Å². The highest BCUT2D eigenvalue weighted by Gasteiger charge is 2.51. The average Bonchev–Trinajstić information content (AvgIpc) is 2.50. The van der Waals surface area contributed by atoms with Crippen LogP contribution in [0.25, 0.3) is 0 Å². The Morgan fingerprint density at radius 2 is 1.79 bits per heavy atom. The molecule has 4 aliphatic rings. The summed E-state index contributed by atoms with van der Waals surface area (Å²) in [5.41, 5.74) is 0.204. The molecule has 1 aromatic rings. The number of nitrogens with one attached hydrogen (secondary N) is 2. The minimum Gasteiger partial charge on any atom is -0.349 e. The van der Waals surface area contributed by atoms with Crippen molar-refractivity contribution >= 4 is 23.4 Å². The normalized spacial score (nSPS) is 33.3. The molecule has 4 saturated carbocycles. The van der Waals surface area contributed by atoms with Gasteiger partial charge in [-0.1, -0.05) is 11.6 Å². The van der Waals surface area contributed by atoms with Crippen LogP contribution in [0, 0.1) is 17.8 Å². The fourth-order valence-electron chi connectivity index (χ4n) is 5.38. The Morgan fingerprint density at radius 3 is 2.38 bits per heavy atom. The number of rotatable bonds is 4. The molecule has 0 spiro atoms. The topological polar surface area (TPSA) is 71.1 Å². The number of carbonyl (C=O) groups is 2. The van der Waals surface area contributed by atoms with E-state index >= 15 is 0 Å². The van der Waals surface area contributed by atoms with Crippen molar-refractivity contribution in [1.29, 1.82) is 0 Å². The summed E-state index contributed by atoms with van der Waals surface area (Å²) in [6, 6.07) is 3.10. The molecule has 128 valence electrons. The first-order valence-electron chi connectivity index (χ1n) is 8.72. The van der Waals surface area contributed by atoms with Crippen LogP contribution < -0.4 is 10.6 Å². The molecule has 4 fully saturated rings. The van der Waals surface area contributed by atoms with Crippen molar-refractivity contribution in [3.05, 3.63) is 29.0 Å². The van der Waals surface area contributed by atoms with Crippen LogP contribution in [0.15, 0.2) is 18.3 Å². The summed E-state index contributed by atoms with van der Waals surface area (Å²) in [5.74, 6) is 1.86. The van der Waals surface area contributed by atoms with Crippen LogP contribution in [0.5, 0.6) is 0 Å². The van der Waals surface area contributed by atoms with E-state index in [1.54, 1.807) is 6.07 Å². The highest BCUT2D eigenvalue weighted by molar-refractivity contribution is 6.30. The summed E-state index contributed by atoms with van der Waals surface area (Å²) in [6.07, 6.45) is 8.81. The van der Waals surface area contributed by atoms with Crippen molar-refractivity contribution in [2.75, 3.05) is 6.54 Å². The van der Waals surface area contributed by atoms with E-state index in [1.165, 1.54) is 31.5 Å². The van der Waals surface area contributed by atoms with Gasteiger partial charge in [-0.25, -0.2) is 0 Å². The summed E-state index contributed by atoms with van der Waals surface area (Å²) >= 11 is 5.86. The molecular formula is C18H22ClN3O2. The van der Waals surface area contributed by atoms with E-state index in [0.717, 1.165) is 37.0 Å². The first-order valence-corrected chi connectivity index (χ1v) is 9.10. The van der Waals surface area contributed by atoms with Gasteiger partial charge < -0.3 is 10.6 Å². The maximum absolute atomic E-state index is 12.4. The van der Waals surface area contributed by atoms with Gasteiger partial charge in [-0.3, -0.25) is 14.6 Å². The Bertz CT molecular complexity index is 641. The summed E-state index contributed by atoms with van der Waals surface area (Å²) in [5, 5.41) is 6.33. The Hall–Kier alpha value is -1.62. The van der Waals surface area contributed by atoms with Gasteiger partial charge in [0.05, 0.1) is 6.54 Å². The zero-order valence-electron chi connectivity index (χ0n) is 13.6. The third-order valence-electron chi connectivity index (χ3n) is 5.81. The fourth-order valence-corrected chi connectivity index (χ4v) is 5.54. The summed E-state index contributed by atoms with van der Waals surface area (Å²) in [6.45, 7) is -0.0191. The number of pyridine rings is 1. The fraction of sp³-hybridized carbons (Fsp3) is 0.611. The van der Waals surface area contributed by atoms with Crippen molar-refractivity contribution in [3.8, 4) is 0 Å². The Kier molecular flexibility index (Phi) is 3.99. The van der Waals surface area contributed by atoms with Crippen LogP contribution in [0.2, 0.25) is 5.02 Å². The number of nitrogens with zero attached hydrogens (tertiary/aromatic N) is 1. The van der Waals surface area contributed by atoms with Gasteiger partial charge in [0.2, 0.25) is 5.91 Å². The monoisotopic (exact) mass is 347 g/mol. The molecule has 0 aliphatic heterocycles. The van der Waals surface area contributed by atoms with Crippen LogP contribution >= 0.6 is 11.6 Å². The largest absolute Gasteiger partial charge is 0.349 e. The lowest BCUT2D eigenvalue weighted by Crippen LogP contribution is -2.61. The Labute approximate surface area is 146 Å². The van der Waals surface area contributed by atoms with Gasteiger partial charge in [0, 0.05) is 16.8 Å². The predicted molar refractivity (Wildman–Crippen MR) is 90.6 cm³/mol. The molecule has 5 nitrogen and oxygen atoms in total. The van der Waals surface area contributed by atoms with Gasteiger partial charge in [-0.05, 0) is 68.4 Å². The first-order chi connectivity index (χ1) is 11.5. The van der Waals surface area contributed by atoms with Crippen LogP contribution in [0.3, 0.4) is 0 Å². The number of amides is 2. The third kappa shape index (κ3) is 3.14. The molecule has 24 heavy (non-hydrogen) atoms. The van der Waals surface area contributed by atoms with E-state index in [9.17, 15) is 9.59 Å². The molecule has 0 atom stereocenters. The van der Waals surface area contributed by atoms with E-state index < -0.39 is 0 Å². The second-order valence-corrected chi connectivity index (χ2v) is 8.22. The van der Waals surface area contributed by atoms with Crippen LogP contribution in [-0.4, -0.2) is 28.9 Å². The smallest absolute Gasteiger partial charge is 0.270 e. The van der Waals surface area contributed by atoms with Gasteiger partial charge in [0.15, 0.2) is 0 Å².